The van der Waals surface area contributed by atoms with Gasteiger partial charge in [0.1, 0.15) is 28.4 Å². The molecular weight excluding hydrogens is 460 g/mol. The lowest BCUT2D eigenvalue weighted by Gasteiger charge is -2.10. The van der Waals surface area contributed by atoms with Gasteiger partial charge in [0, 0.05) is 10.9 Å². The summed E-state index contributed by atoms with van der Waals surface area (Å²) in [7, 11) is 3.05. The molecule has 0 aliphatic heterocycles. The van der Waals surface area contributed by atoms with Crippen LogP contribution in [0.5, 0.6) is 23.0 Å². The zero-order chi connectivity index (χ0) is 25.7. The molecule has 0 aliphatic carbocycles. The number of ether oxygens (including phenoxy) is 4. The van der Waals surface area contributed by atoms with Crippen molar-refractivity contribution >= 4 is 28.8 Å². The van der Waals surface area contributed by atoms with E-state index in [9.17, 15) is 9.59 Å². The number of hydrogen-bond acceptors (Lipinski definition) is 7. The van der Waals surface area contributed by atoms with Crippen LogP contribution in [0.4, 0.5) is 0 Å². The molecule has 0 saturated heterocycles. The Morgan fingerprint density at radius 3 is 2.33 bits per heavy atom. The maximum atomic E-state index is 13.1. The molecule has 4 rings (SSSR count). The second-order valence-electron chi connectivity index (χ2n) is 7.85. The van der Waals surface area contributed by atoms with Gasteiger partial charge in [-0.05, 0) is 80.1 Å². The standard InChI is InChI=1S/C29H26O7/c1-5-34-22-12-15-25-23(17-22)28(18(2)35-25)29(31)36-26-14-7-19(16-27(26)33-4)6-13-24(30)20-8-10-21(32-3)11-9-20/h6-17H,5H2,1-4H3. The molecular formula is C29H26O7. The van der Waals surface area contributed by atoms with Crippen molar-refractivity contribution in [3.05, 3.63) is 89.2 Å². The number of methoxy groups -OCH3 is 2. The van der Waals surface area contributed by atoms with Crippen molar-refractivity contribution in [3.63, 3.8) is 0 Å². The second kappa shape index (κ2) is 10.8. The summed E-state index contributed by atoms with van der Waals surface area (Å²) in [6, 6.07) is 17.2. The third kappa shape index (κ3) is 5.25. The van der Waals surface area contributed by atoms with Gasteiger partial charge in [-0.25, -0.2) is 4.79 Å². The molecule has 0 aliphatic rings. The largest absolute Gasteiger partial charge is 0.497 e. The van der Waals surface area contributed by atoms with Crippen molar-refractivity contribution in [3.8, 4) is 23.0 Å². The number of benzene rings is 3. The van der Waals surface area contributed by atoms with Crippen molar-refractivity contribution < 1.29 is 33.0 Å². The Bertz CT molecular complexity index is 1430. The molecule has 1 heterocycles. The van der Waals surface area contributed by atoms with Crippen LogP contribution in [-0.2, 0) is 0 Å². The number of hydrogen-bond donors (Lipinski definition) is 0. The molecule has 0 fully saturated rings. The lowest BCUT2D eigenvalue weighted by Crippen LogP contribution is -2.10. The topological polar surface area (TPSA) is 84.2 Å². The van der Waals surface area contributed by atoms with Crippen LogP contribution < -0.4 is 18.9 Å². The minimum Gasteiger partial charge on any atom is -0.497 e. The molecule has 0 atom stereocenters. The predicted octanol–water partition coefficient (Wildman–Crippen LogP) is 6.27. The molecule has 1 aromatic heterocycles. The van der Waals surface area contributed by atoms with Gasteiger partial charge in [0.25, 0.3) is 0 Å². The van der Waals surface area contributed by atoms with Gasteiger partial charge in [-0.3, -0.25) is 4.79 Å². The maximum Gasteiger partial charge on any atom is 0.347 e. The molecule has 4 aromatic rings. The highest BCUT2D eigenvalue weighted by molar-refractivity contribution is 6.07. The van der Waals surface area contributed by atoms with Gasteiger partial charge in [0.2, 0.25) is 0 Å². The number of aryl methyl sites for hydroxylation is 1. The second-order valence-corrected chi connectivity index (χ2v) is 7.85. The quantitative estimate of drug-likeness (QED) is 0.119. The third-order valence-electron chi connectivity index (χ3n) is 5.54. The van der Waals surface area contributed by atoms with Crippen LogP contribution in [0.2, 0.25) is 0 Å². The van der Waals surface area contributed by atoms with E-state index in [0.29, 0.717) is 57.3 Å². The van der Waals surface area contributed by atoms with Gasteiger partial charge in [0.15, 0.2) is 17.3 Å². The number of fused-ring (bicyclic) bond motifs is 1. The van der Waals surface area contributed by atoms with Crippen molar-refractivity contribution in [1.82, 2.24) is 0 Å². The summed E-state index contributed by atoms with van der Waals surface area (Å²) in [4.78, 5) is 25.6. The van der Waals surface area contributed by atoms with Crippen LogP contribution in [0, 0.1) is 6.92 Å². The van der Waals surface area contributed by atoms with Gasteiger partial charge in [-0.1, -0.05) is 12.1 Å². The molecule has 0 saturated carbocycles. The SMILES string of the molecule is CCOc1ccc2oc(C)c(C(=O)Oc3ccc(C=CC(=O)c4ccc(OC)cc4)cc3OC)c2c1. The highest BCUT2D eigenvalue weighted by atomic mass is 16.6. The molecule has 36 heavy (non-hydrogen) atoms. The zero-order valence-electron chi connectivity index (χ0n) is 20.5. The Hall–Kier alpha value is -4.52. The molecule has 0 radical (unpaired) electrons. The summed E-state index contributed by atoms with van der Waals surface area (Å²) < 4.78 is 27.5. The van der Waals surface area contributed by atoms with Gasteiger partial charge >= 0.3 is 5.97 Å². The monoisotopic (exact) mass is 486 g/mol. The summed E-state index contributed by atoms with van der Waals surface area (Å²) in [6.45, 7) is 4.10. The Balaban J connectivity index is 1.54. The summed E-state index contributed by atoms with van der Waals surface area (Å²) in [5.74, 6) is 1.63. The summed E-state index contributed by atoms with van der Waals surface area (Å²) >= 11 is 0. The summed E-state index contributed by atoms with van der Waals surface area (Å²) in [5, 5.41) is 0.610. The van der Waals surface area contributed by atoms with Gasteiger partial charge in [-0.15, -0.1) is 0 Å². The van der Waals surface area contributed by atoms with Crippen LogP contribution >= 0.6 is 0 Å². The average molecular weight is 487 g/mol. The summed E-state index contributed by atoms with van der Waals surface area (Å²) in [5.41, 5.74) is 2.14. The van der Waals surface area contributed by atoms with Crippen molar-refractivity contribution in [2.24, 2.45) is 0 Å². The van der Waals surface area contributed by atoms with Crippen LogP contribution in [0.3, 0.4) is 0 Å². The van der Waals surface area contributed by atoms with Crippen molar-refractivity contribution in [2.75, 3.05) is 20.8 Å². The van der Waals surface area contributed by atoms with E-state index in [1.807, 2.05) is 6.92 Å². The normalized spacial score (nSPS) is 11.0. The lowest BCUT2D eigenvalue weighted by molar-refractivity contribution is 0.0729. The lowest BCUT2D eigenvalue weighted by atomic mass is 10.1. The Morgan fingerprint density at radius 2 is 1.64 bits per heavy atom. The van der Waals surface area contributed by atoms with Gasteiger partial charge in [-0.2, -0.15) is 0 Å². The van der Waals surface area contributed by atoms with E-state index in [0.717, 1.165) is 0 Å². The van der Waals surface area contributed by atoms with Gasteiger partial charge < -0.3 is 23.4 Å². The zero-order valence-corrected chi connectivity index (χ0v) is 20.5. The number of allylic oxidation sites excluding steroid dienone is 1. The number of carbonyl (C=O) groups excluding carboxylic acids is 2. The number of esters is 1. The minimum atomic E-state index is -0.573. The molecule has 0 unspecified atom stereocenters. The van der Waals surface area contributed by atoms with Crippen LogP contribution in [0.15, 0.2) is 71.2 Å². The fourth-order valence-corrected chi connectivity index (χ4v) is 3.76. The smallest absolute Gasteiger partial charge is 0.347 e. The Morgan fingerprint density at radius 1 is 0.889 bits per heavy atom. The first kappa shape index (κ1) is 24.6. The molecule has 184 valence electrons. The highest BCUT2D eigenvalue weighted by Crippen LogP contribution is 2.33. The van der Waals surface area contributed by atoms with E-state index in [4.69, 9.17) is 23.4 Å². The highest BCUT2D eigenvalue weighted by Gasteiger charge is 2.22. The molecule has 0 N–H and O–H groups in total. The number of ketones is 1. The first-order valence-corrected chi connectivity index (χ1v) is 11.4. The fraction of sp³-hybridized carbons (Fsp3) is 0.172. The predicted molar refractivity (Wildman–Crippen MR) is 136 cm³/mol. The molecule has 0 bridgehead atoms. The van der Waals surface area contributed by atoms with E-state index in [-0.39, 0.29) is 11.5 Å². The number of carbonyl (C=O) groups is 2. The van der Waals surface area contributed by atoms with E-state index < -0.39 is 5.97 Å². The molecule has 0 amide bonds. The molecule has 7 nitrogen and oxygen atoms in total. The van der Waals surface area contributed by atoms with Crippen LogP contribution in [-0.4, -0.2) is 32.6 Å². The molecule has 3 aromatic carbocycles. The fourth-order valence-electron chi connectivity index (χ4n) is 3.76. The first-order valence-electron chi connectivity index (χ1n) is 11.4. The van der Waals surface area contributed by atoms with Crippen LogP contribution in [0.1, 0.15) is 39.0 Å². The van der Waals surface area contributed by atoms with Crippen molar-refractivity contribution in [2.45, 2.75) is 13.8 Å². The number of rotatable bonds is 9. The van der Waals surface area contributed by atoms with Gasteiger partial charge in [0.05, 0.1) is 20.8 Å². The maximum absolute atomic E-state index is 13.1. The third-order valence-corrected chi connectivity index (χ3v) is 5.54. The minimum absolute atomic E-state index is 0.152. The van der Waals surface area contributed by atoms with E-state index in [2.05, 4.69) is 0 Å². The summed E-state index contributed by atoms with van der Waals surface area (Å²) in [6.07, 6.45) is 3.14. The molecule has 7 heteroatoms. The number of furan rings is 1. The van der Waals surface area contributed by atoms with E-state index in [1.54, 1.807) is 80.8 Å². The van der Waals surface area contributed by atoms with Crippen LogP contribution in [0.25, 0.3) is 17.0 Å². The Kier molecular flexibility index (Phi) is 7.39. The average Bonchev–Trinajstić information content (AvgIpc) is 3.23. The van der Waals surface area contributed by atoms with Crippen molar-refractivity contribution in [1.29, 1.82) is 0 Å². The molecule has 0 spiro atoms. The first-order chi connectivity index (χ1) is 17.4. The van der Waals surface area contributed by atoms with E-state index in [1.165, 1.54) is 13.2 Å². The van der Waals surface area contributed by atoms with E-state index >= 15 is 0 Å². The Labute approximate surface area is 208 Å².